The first-order valence-corrected chi connectivity index (χ1v) is 8.56. The first-order chi connectivity index (χ1) is 11.7. The smallest absolute Gasteiger partial charge is 0.315 e. The van der Waals surface area contributed by atoms with E-state index in [0.29, 0.717) is 6.54 Å². The van der Waals surface area contributed by atoms with E-state index >= 15 is 0 Å². The molecule has 0 bridgehead atoms. The third kappa shape index (κ3) is 4.31. The van der Waals surface area contributed by atoms with Crippen molar-refractivity contribution in [1.82, 2.24) is 30.4 Å². The number of rotatable bonds is 7. The minimum absolute atomic E-state index is 0.130. The summed E-state index contributed by atoms with van der Waals surface area (Å²) in [6.07, 6.45) is 8.69. The zero-order valence-electron chi connectivity index (χ0n) is 14.0. The molecule has 2 N–H and O–H groups in total. The summed E-state index contributed by atoms with van der Waals surface area (Å²) in [5, 5.41) is 14.1. The number of fused-ring (bicyclic) bond motifs is 1. The molecular weight excluding hydrogens is 304 g/mol. The number of nitrogens with one attached hydrogen (secondary N) is 2. The van der Waals surface area contributed by atoms with Gasteiger partial charge in [0.25, 0.3) is 0 Å². The van der Waals surface area contributed by atoms with Gasteiger partial charge in [-0.05, 0) is 44.2 Å². The van der Waals surface area contributed by atoms with Gasteiger partial charge in [0.05, 0.1) is 6.54 Å². The Bertz CT molecular complexity index is 669. The molecule has 3 rings (SSSR count). The van der Waals surface area contributed by atoms with Gasteiger partial charge in [-0.3, -0.25) is 4.98 Å². The van der Waals surface area contributed by atoms with Crippen LogP contribution in [0.5, 0.6) is 0 Å². The Labute approximate surface area is 141 Å². The molecule has 24 heavy (non-hydrogen) atoms. The van der Waals surface area contributed by atoms with Crippen molar-refractivity contribution in [2.75, 3.05) is 0 Å². The average Bonchev–Trinajstić information content (AvgIpc) is 3.18. The first kappa shape index (κ1) is 16.4. The quantitative estimate of drug-likeness (QED) is 0.812. The molecule has 0 aromatic carbocycles. The molecule has 2 amide bonds. The molecule has 1 aliphatic heterocycles. The van der Waals surface area contributed by atoms with Gasteiger partial charge < -0.3 is 15.2 Å². The summed E-state index contributed by atoms with van der Waals surface area (Å²) in [4.78, 5) is 16.1. The number of hydrogen-bond donors (Lipinski definition) is 2. The number of hydrogen-bond acceptors (Lipinski definition) is 4. The second-order valence-corrected chi connectivity index (χ2v) is 6.27. The van der Waals surface area contributed by atoms with Gasteiger partial charge in [-0.15, -0.1) is 10.2 Å². The Morgan fingerprint density at radius 1 is 1.42 bits per heavy atom. The van der Waals surface area contributed by atoms with Gasteiger partial charge in [0, 0.05) is 31.4 Å². The van der Waals surface area contributed by atoms with Gasteiger partial charge in [-0.1, -0.05) is 6.07 Å². The van der Waals surface area contributed by atoms with Crippen LogP contribution in [0.15, 0.2) is 24.5 Å². The molecule has 1 unspecified atom stereocenters. The second-order valence-electron chi connectivity index (χ2n) is 6.27. The highest BCUT2D eigenvalue weighted by atomic mass is 16.2. The summed E-state index contributed by atoms with van der Waals surface area (Å²) in [6.45, 7) is 3.39. The van der Waals surface area contributed by atoms with E-state index in [4.69, 9.17) is 0 Å². The van der Waals surface area contributed by atoms with Crippen molar-refractivity contribution in [3.63, 3.8) is 0 Å². The van der Waals surface area contributed by atoms with Crippen molar-refractivity contribution >= 4 is 6.03 Å². The summed E-state index contributed by atoms with van der Waals surface area (Å²) >= 11 is 0. The number of carbonyl (C=O) groups excluding carboxylic acids is 1. The molecule has 0 fully saturated rings. The minimum Gasteiger partial charge on any atom is -0.336 e. The Morgan fingerprint density at radius 3 is 3.17 bits per heavy atom. The van der Waals surface area contributed by atoms with Crippen LogP contribution in [0.2, 0.25) is 0 Å². The molecule has 1 aliphatic rings. The Morgan fingerprint density at radius 2 is 2.33 bits per heavy atom. The summed E-state index contributed by atoms with van der Waals surface area (Å²) < 4.78 is 2.09. The highest BCUT2D eigenvalue weighted by Crippen LogP contribution is 2.13. The Kier molecular flexibility index (Phi) is 5.40. The lowest BCUT2D eigenvalue weighted by Crippen LogP contribution is -2.40. The molecule has 0 saturated heterocycles. The van der Waals surface area contributed by atoms with E-state index in [1.165, 1.54) is 5.56 Å². The lowest BCUT2D eigenvalue weighted by molar-refractivity contribution is 0.236. The van der Waals surface area contributed by atoms with E-state index in [9.17, 15) is 4.79 Å². The maximum Gasteiger partial charge on any atom is 0.315 e. The number of nitrogens with zero attached hydrogens (tertiary/aromatic N) is 4. The van der Waals surface area contributed by atoms with Gasteiger partial charge in [0.2, 0.25) is 0 Å². The fourth-order valence-electron chi connectivity index (χ4n) is 3.01. The molecule has 0 spiro atoms. The molecular formula is C17H24N6O. The van der Waals surface area contributed by atoms with E-state index in [-0.39, 0.29) is 12.1 Å². The summed E-state index contributed by atoms with van der Waals surface area (Å²) in [5.41, 5.74) is 1.23. The van der Waals surface area contributed by atoms with Gasteiger partial charge in [-0.2, -0.15) is 0 Å². The number of aryl methyl sites for hydroxylation is 2. The molecule has 2 aromatic heterocycles. The summed E-state index contributed by atoms with van der Waals surface area (Å²) in [6, 6.07) is 4.01. The molecule has 0 saturated carbocycles. The highest BCUT2D eigenvalue weighted by Gasteiger charge is 2.17. The number of aromatic nitrogens is 4. The molecule has 7 heteroatoms. The van der Waals surface area contributed by atoms with Gasteiger partial charge in [0.15, 0.2) is 5.82 Å². The predicted octanol–water partition coefficient (Wildman–Crippen LogP) is 1.83. The topological polar surface area (TPSA) is 84.7 Å². The normalized spacial score (nSPS) is 14.2. The molecule has 2 aromatic rings. The van der Waals surface area contributed by atoms with Crippen molar-refractivity contribution < 1.29 is 4.79 Å². The van der Waals surface area contributed by atoms with Crippen LogP contribution in [0.25, 0.3) is 0 Å². The Balaban J connectivity index is 1.35. The van der Waals surface area contributed by atoms with E-state index in [1.807, 2.05) is 19.2 Å². The molecule has 3 heterocycles. The van der Waals surface area contributed by atoms with Crippen LogP contribution in [0.1, 0.15) is 43.4 Å². The lowest BCUT2D eigenvalue weighted by atomic mass is 10.1. The third-order valence-electron chi connectivity index (χ3n) is 4.30. The maximum atomic E-state index is 12.0. The second kappa shape index (κ2) is 7.90. The van der Waals surface area contributed by atoms with Crippen molar-refractivity contribution in [1.29, 1.82) is 0 Å². The van der Waals surface area contributed by atoms with Crippen molar-refractivity contribution in [3.05, 3.63) is 41.7 Å². The fraction of sp³-hybridized carbons (Fsp3) is 0.529. The largest absolute Gasteiger partial charge is 0.336 e. The minimum atomic E-state index is -0.153. The molecule has 1 atom stereocenters. The lowest BCUT2D eigenvalue weighted by Gasteiger charge is -2.14. The zero-order valence-corrected chi connectivity index (χ0v) is 14.0. The molecule has 0 aliphatic carbocycles. The number of amides is 2. The van der Waals surface area contributed by atoms with Crippen LogP contribution in [-0.4, -0.2) is 31.8 Å². The molecule has 128 valence electrons. The fourth-order valence-corrected chi connectivity index (χ4v) is 3.01. The average molecular weight is 328 g/mol. The maximum absolute atomic E-state index is 12.0. The van der Waals surface area contributed by atoms with Crippen molar-refractivity contribution in [2.24, 2.45) is 0 Å². The van der Waals surface area contributed by atoms with E-state index in [2.05, 4.69) is 36.4 Å². The van der Waals surface area contributed by atoms with Crippen LogP contribution in [-0.2, 0) is 25.9 Å². The predicted molar refractivity (Wildman–Crippen MR) is 90.4 cm³/mol. The SMILES string of the molecule is CC(CCCc1cccnc1)NC(=O)NCc1nnc2n1CCC2. The number of urea groups is 1. The van der Waals surface area contributed by atoms with Crippen LogP contribution in [0.4, 0.5) is 4.79 Å². The van der Waals surface area contributed by atoms with Crippen molar-refractivity contribution in [2.45, 2.75) is 58.2 Å². The van der Waals surface area contributed by atoms with E-state index < -0.39 is 0 Å². The van der Waals surface area contributed by atoms with E-state index in [1.54, 1.807) is 6.20 Å². The van der Waals surface area contributed by atoms with Crippen molar-refractivity contribution in [3.8, 4) is 0 Å². The van der Waals surface area contributed by atoms with Crippen LogP contribution >= 0.6 is 0 Å². The molecule has 0 radical (unpaired) electrons. The third-order valence-corrected chi connectivity index (χ3v) is 4.30. The molecule has 7 nitrogen and oxygen atoms in total. The standard InChI is InChI=1S/C17H24N6O/c1-13(5-2-6-14-7-3-9-18-11-14)20-17(24)19-12-16-22-21-15-8-4-10-23(15)16/h3,7,9,11,13H,2,4-6,8,10,12H2,1H3,(H2,19,20,24). The summed E-state index contributed by atoms with van der Waals surface area (Å²) in [5.74, 6) is 1.86. The first-order valence-electron chi connectivity index (χ1n) is 8.56. The van der Waals surface area contributed by atoms with E-state index in [0.717, 1.165) is 50.3 Å². The van der Waals surface area contributed by atoms with Gasteiger partial charge in [-0.25, -0.2) is 4.79 Å². The highest BCUT2D eigenvalue weighted by molar-refractivity contribution is 5.74. The summed E-state index contributed by atoms with van der Waals surface area (Å²) in [7, 11) is 0. The van der Waals surface area contributed by atoms with Gasteiger partial charge in [0.1, 0.15) is 5.82 Å². The number of pyridine rings is 1. The number of carbonyl (C=O) groups is 1. The zero-order chi connectivity index (χ0) is 16.8. The Hall–Kier alpha value is -2.44. The van der Waals surface area contributed by atoms with Crippen LogP contribution in [0.3, 0.4) is 0 Å². The monoisotopic (exact) mass is 328 g/mol. The van der Waals surface area contributed by atoms with Crippen LogP contribution < -0.4 is 10.6 Å². The van der Waals surface area contributed by atoms with Gasteiger partial charge >= 0.3 is 6.03 Å². The van der Waals surface area contributed by atoms with Crippen LogP contribution in [0, 0.1) is 0 Å².